The second kappa shape index (κ2) is 16.1. The van der Waals surface area contributed by atoms with Crippen molar-refractivity contribution in [3.8, 4) is 5.75 Å². The Kier molecular flexibility index (Phi) is 14.1. The lowest BCUT2D eigenvalue weighted by Crippen LogP contribution is -2.60. The lowest BCUT2D eigenvalue weighted by molar-refractivity contribution is -0.142. The Bertz CT molecular complexity index is 898. The Morgan fingerprint density at radius 3 is 1.84 bits per heavy atom. The number of phenolic OH excluding ortho intramolecular Hbond substituents is 1. The van der Waals surface area contributed by atoms with E-state index < -0.39 is 47.9 Å². The summed E-state index contributed by atoms with van der Waals surface area (Å²) in [7, 11) is 0. The van der Waals surface area contributed by atoms with Crippen molar-refractivity contribution in [2.24, 2.45) is 17.6 Å². The Morgan fingerprint density at radius 2 is 1.38 bits per heavy atom. The van der Waals surface area contributed by atoms with E-state index in [0.717, 1.165) is 0 Å². The van der Waals surface area contributed by atoms with Crippen molar-refractivity contribution in [1.82, 2.24) is 16.0 Å². The number of phenols is 1. The smallest absolute Gasteiger partial charge is 0.326 e. The van der Waals surface area contributed by atoms with E-state index in [-0.39, 0.29) is 24.0 Å². The molecule has 0 aliphatic rings. The van der Waals surface area contributed by atoms with Gasteiger partial charge in [0.2, 0.25) is 17.7 Å². The molecule has 7 N–H and O–H groups in total. The molecule has 10 nitrogen and oxygen atoms in total. The second-order valence-electron chi connectivity index (χ2n) is 9.40. The van der Waals surface area contributed by atoms with Gasteiger partial charge in [-0.15, -0.1) is 0 Å². The van der Waals surface area contributed by atoms with E-state index in [1.54, 1.807) is 30.8 Å². The lowest BCUT2D eigenvalue weighted by atomic mass is 9.94. The summed E-state index contributed by atoms with van der Waals surface area (Å²) in [5, 5.41) is 27.2. The Hall–Kier alpha value is -2.79. The van der Waals surface area contributed by atoms with Crippen molar-refractivity contribution in [1.29, 1.82) is 0 Å². The quantitative estimate of drug-likeness (QED) is 0.184. The molecule has 6 unspecified atom stereocenters. The van der Waals surface area contributed by atoms with Gasteiger partial charge in [0.05, 0.1) is 6.04 Å². The van der Waals surface area contributed by atoms with Crippen LogP contribution in [0.25, 0.3) is 0 Å². The van der Waals surface area contributed by atoms with Crippen LogP contribution in [0.5, 0.6) is 5.75 Å². The summed E-state index contributed by atoms with van der Waals surface area (Å²) in [6, 6.07) is 2.14. The molecule has 208 valence electrons. The van der Waals surface area contributed by atoms with Crippen LogP contribution < -0.4 is 21.7 Å². The molecule has 0 aliphatic heterocycles. The number of rotatable bonds is 16. The molecule has 11 heteroatoms. The third-order valence-corrected chi connectivity index (χ3v) is 7.19. The van der Waals surface area contributed by atoms with Gasteiger partial charge in [-0.05, 0) is 48.0 Å². The molecule has 0 bridgehead atoms. The zero-order chi connectivity index (χ0) is 28.1. The zero-order valence-corrected chi connectivity index (χ0v) is 23.1. The van der Waals surface area contributed by atoms with Crippen LogP contribution in [0, 0.1) is 11.8 Å². The van der Waals surface area contributed by atoms with Crippen LogP contribution in [0.4, 0.5) is 0 Å². The molecule has 6 atom stereocenters. The maximum Gasteiger partial charge on any atom is 0.326 e. The van der Waals surface area contributed by atoms with E-state index in [1.807, 2.05) is 27.0 Å². The second-order valence-corrected chi connectivity index (χ2v) is 10.4. The fraction of sp³-hybridized carbons (Fsp3) is 0.615. The number of nitrogens with two attached hydrogens (primary N) is 1. The summed E-state index contributed by atoms with van der Waals surface area (Å²) in [5.41, 5.74) is 6.59. The standard InChI is InChI=1S/C26H42N4O6S/c1-6-15(3)21(24(33)28-20(26(35)36)14-17-8-10-18(31)11-9-17)30-25(34)22(16(4)7-2)29-23(32)19(27)12-13-37-5/h8-11,15-16,19-22,31H,6-7,12-14,27H2,1-5H3,(H,28,33)(H,29,32)(H,30,34)(H,35,36). The van der Waals surface area contributed by atoms with Crippen molar-refractivity contribution in [2.45, 2.75) is 77.5 Å². The molecule has 1 aromatic carbocycles. The van der Waals surface area contributed by atoms with Crippen molar-refractivity contribution >= 4 is 35.5 Å². The normalized spacial score (nSPS) is 15.9. The third kappa shape index (κ3) is 10.6. The van der Waals surface area contributed by atoms with E-state index in [2.05, 4.69) is 16.0 Å². The first-order valence-corrected chi connectivity index (χ1v) is 14.0. The summed E-state index contributed by atoms with van der Waals surface area (Å²) in [5.74, 6) is -2.57. The SMILES string of the molecule is CCC(C)C(NC(=O)C(N)CCSC)C(=O)NC(C(=O)NC(Cc1ccc(O)cc1)C(=O)O)C(C)CC. The fourth-order valence-electron chi connectivity index (χ4n) is 3.61. The van der Waals surface area contributed by atoms with Gasteiger partial charge in [-0.3, -0.25) is 14.4 Å². The molecule has 37 heavy (non-hydrogen) atoms. The van der Waals surface area contributed by atoms with E-state index in [1.165, 1.54) is 12.1 Å². The molecular formula is C26H42N4O6S. The highest BCUT2D eigenvalue weighted by Gasteiger charge is 2.34. The van der Waals surface area contributed by atoms with Gasteiger partial charge >= 0.3 is 5.97 Å². The predicted octanol–water partition coefficient (Wildman–Crippen LogP) is 1.65. The van der Waals surface area contributed by atoms with Gasteiger partial charge in [0.15, 0.2) is 0 Å². The Morgan fingerprint density at radius 1 is 0.892 bits per heavy atom. The number of carboxylic acid groups (broad SMARTS) is 1. The molecular weight excluding hydrogens is 496 g/mol. The molecule has 0 aliphatic carbocycles. The zero-order valence-electron chi connectivity index (χ0n) is 22.3. The first kappa shape index (κ1) is 32.2. The lowest BCUT2D eigenvalue weighted by Gasteiger charge is -2.30. The minimum absolute atomic E-state index is 0.00200. The van der Waals surface area contributed by atoms with Gasteiger partial charge in [0, 0.05) is 6.42 Å². The molecule has 0 radical (unpaired) electrons. The summed E-state index contributed by atoms with van der Waals surface area (Å²) >= 11 is 1.57. The van der Waals surface area contributed by atoms with Gasteiger partial charge < -0.3 is 31.9 Å². The Labute approximate surface area is 223 Å². The number of aliphatic carboxylic acids is 1. The number of hydrogen-bond acceptors (Lipinski definition) is 7. The fourth-order valence-corrected chi connectivity index (χ4v) is 4.10. The first-order chi connectivity index (χ1) is 17.4. The van der Waals surface area contributed by atoms with Gasteiger partial charge in [0.25, 0.3) is 0 Å². The van der Waals surface area contributed by atoms with E-state index >= 15 is 0 Å². The minimum atomic E-state index is -1.24. The third-order valence-electron chi connectivity index (χ3n) is 6.55. The van der Waals surface area contributed by atoms with Crippen LogP contribution in [-0.4, -0.2) is 70.1 Å². The van der Waals surface area contributed by atoms with Crippen molar-refractivity contribution < 1.29 is 29.4 Å². The highest BCUT2D eigenvalue weighted by atomic mass is 32.2. The topological polar surface area (TPSA) is 171 Å². The Balaban J connectivity index is 3.04. The van der Waals surface area contributed by atoms with Gasteiger partial charge in [-0.1, -0.05) is 52.7 Å². The van der Waals surface area contributed by atoms with E-state index in [9.17, 15) is 29.4 Å². The average Bonchev–Trinajstić information content (AvgIpc) is 2.88. The molecule has 1 rings (SSSR count). The molecule has 1 aromatic rings. The number of aromatic hydroxyl groups is 1. The van der Waals surface area contributed by atoms with Crippen molar-refractivity contribution in [3.05, 3.63) is 29.8 Å². The number of nitrogens with one attached hydrogen (secondary N) is 3. The summed E-state index contributed by atoms with van der Waals surface area (Å²) < 4.78 is 0. The maximum absolute atomic E-state index is 13.3. The summed E-state index contributed by atoms with van der Waals surface area (Å²) in [6.45, 7) is 7.37. The van der Waals surface area contributed by atoms with Gasteiger partial charge in [0.1, 0.15) is 23.9 Å². The minimum Gasteiger partial charge on any atom is -0.508 e. The van der Waals surface area contributed by atoms with Gasteiger partial charge in [-0.25, -0.2) is 4.79 Å². The number of carbonyl (C=O) groups is 4. The number of carboxylic acids is 1. The largest absolute Gasteiger partial charge is 0.508 e. The molecule has 0 spiro atoms. The number of hydrogen-bond donors (Lipinski definition) is 6. The van der Waals surface area contributed by atoms with Crippen LogP contribution in [0.2, 0.25) is 0 Å². The first-order valence-electron chi connectivity index (χ1n) is 12.6. The molecule has 3 amide bonds. The van der Waals surface area contributed by atoms with Crippen LogP contribution in [0.1, 0.15) is 52.5 Å². The maximum atomic E-state index is 13.3. The molecule has 0 heterocycles. The summed E-state index contributed by atoms with van der Waals surface area (Å²) in [4.78, 5) is 51.0. The van der Waals surface area contributed by atoms with Crippen LogP contribution in [0.15, 0.2) is 24.3 Å². The predicted molar refractivity (Wildman–Crippen MR) is 145 cm³/mol. The monoisotopic (exact) mass is 538 g/mol. The molecule has 0 aromatic heterocycles. The number of carbonyl (C=O) groups excluding carboxylic acids is 3. The number of thioether (sulfide) groups is 1. The highest BCUT2D eigenvalue weighted by Crippen LogP contribution is 2.15. The number of benzene rings is 1. The highest BCUT2D eigenvalue weighted by molar-refractivity contribution is 7.98. The van der Waals surface area contributed by atoms with Gasteiger partial charge in [-0.2, -0.15) is 11.8 Å². The molecule has 0 saturated carbocycles. The van der Waals surface area contributed by atoms with E-state index in [4.69, 9.17) is 5.73 Å². The summed E-state index contributed by atoms with van der Waals surface area (Å²) in [6.07, 6.45) is 3.54. The van der Waals surface area contributed by atoms with Crippen LogP contribution in [-0.2, 0) is 25.6 Å². The molecule has 0 saturated heterocycles. The van der Waals surface area contributed by atoms with E-state index in [0.29, 0.717) is 30.6 Å². The van der Waals surface area contributed by atoms with Crippen LogP contribution in [0.3, 0.4) is 0 Å². The average molecular weight is 539 g/mol. The van der Waals surface area contributed by atoms with Crippen molar-refractivity contribution in [2.75, 3.05) is 12.0 Å². The van der Waals surface area contributed by atoms with Crippen LogP contribution >= 0.6 is 11.8 Å². The molecule has 0 fully saturated rings. The van der Waals surface area contributed by atoms with Crippen molar-refractivity contribution in [3.63, 3.8) is 0 Å². The number of amides is 3.